The molecule has 0 spiro atoms. The Morgan fingerprint density at radius 2 is 1.72 bits per heavy atom. The van der Waals surface area contributed by atoms with Crippen molar-refractivity contribution in [2.24, 2.45) is 0 Å². The summed E-state index contributed by atoms with van der Waals surface area (Å²) in [6.07, 6.45) is 1.52. The fourth-order valence-electron chi connectivity index (χ4n) is 1.98. The molecular formula is C16H13N3O3S3. The minimum atomic E-state index is -3.71. The molecule has 25 heavy (non-hydrogen) atoms. The van der Waals surface area contributed by atoms with Gasteiger partial charge in [-0.25, -0.2) is 13.4 Å². The Kier molecular flexibility index (Phi) is 5.07. The van der Waals surface area contributed by atoms with Gasteiger partial charge in [0.05, 0.1) is 4.90 Å². The zero-order valence-corrected chi connectivity index (χ0v) is 15.2. The molecule has 9 heteroatoms. The largest absolute Gasteiger partial charge is 0.322 e. The first-order valence-electron chi connectivity index (χ1n) is 7.07. The number of hydrogen-bond acceptors (Lipinski definition) is 6. The number of thiol groups is 1. The summed E-state index contributed by atoms with van der Waals surface area (Å²) in [5.74, 6) is -0.287. The predicted octanol–water partition coefficient (Wildman–Crippen LogP) is 3.48. The van der Waals surface area contributed by atoms with Crippen molar-refractivity contribution in [1.29, 1.82) is 0 Å². The summed E-state index contributed by atoms with van der Waals surface area (Å²) in [6.45, 7) is 0. The predicted molar refractivity (Wildman–Crippen MR) is 101 cm³/mol. The summed E-state index contributed by atoms with van der Waals surface area (Å²) in [7, 11) is -3.71. The van der Waals surface area contributed by atoms with E-state index >= 15 is 0 Å². The number of nitrogens with zero attached hydrogens (tertiary/aromatic N) is 1. The molecule has 0 radical (unpaired) electrons. The van der Waals surface area contributed by atoms with E-state index in [-0.39, 0.29) is 10.8 Å². The van der Waals surface area contributed by atoms with Gasteiger partial charge in [-0.2, -0.15) is 0 Å². The number of nitrogens with one attached hydrogen (secondary N) is 2. The standard InChI is InChI=1S/C16H13N3O3S3/c20-15(11-1-5-13(23)6-2-11)18-12-3-7-14(8-4-12)25(21,22)19-16-17-9-10-24-16/h1-10,23H,(H,17,19)(H,18,20). The smallest absolute Gasteiger partial charge is 0.263 e. The van der Waals surface area contributed by atoms with Gasteiger partial charge in [-0.05, 0) is 48.5 Å². The second kappa shape index (κ2) is 7.26. The van der Waals surface area contributed by atoms with Crippen LogP contribution in [0.25, 0.3) is 0 Å². The fourth-order valence-corrected chi connectivity index (χ4v) is 3.92. The van der Waals surface area contributed by atoms with Crippen molar-refractivity contribution in [2.75, 3.05) is 10.0 Å². The topological polar surface area (TPSA) is 88.2 Å². The van der Waals surface area contributed by atoms with Crippen LogP contribution in [0.15, 0.2) is 69.9 Å². The normalized spacial score (nSPS) is 11.1. The number of hydrogen-bond donors (Lipinski definition) is 3. The molecule has 0 fully saturated rings. The Morgan fingerprint density at radius 1 is 1.04 bits per heavy atom. The van der Waals surface area contributed by atoms with Crippen LogP contribution >= 0.6 is 24.0 Å². The Morgan fingerprint density at radius 3 is 2.32 bits per heavy atom. The molecule has 2 aromatic carbocycles. The molecule has 1 aromatic heterocycles. The monoisotopic (exact) mass is 391 g/mol. The minimum Gasteiger partial charge on any atom is -0.322 e. The molecular weight excluding hydrogens is 378 g/mol. The minimum absolute atomic E-state index is 0.0834. The second-order valence-corrected chi connectivity index (χ2v) is 8.06. The summed E-state index contributed by atoms with van der Waals surface area (Å²) in [4.78, 5) is 16.9. The van der Waals surface area contributed by atoms with Gasteiger partial charge in [0.1, 0.15) is 0 Å². The Balaban J connectivity index is 1.71. The third-order valence-electron chi connectivity index (χ3n) is 3.21. The van der Waals surface area contributed by atoms with Crippen LogP contribution in [0, 0.1) is 0 Å². The van der Waals surface area contributed by atoms with E-state index in [2.05, 4.69) is 27.7 Å². The molecule has 1 heterocycles. The van der Waals surface area contributed by atoms with Crippen LogP contribution in [0.1, 0.15) is 10.4 Å². The first-order valence-corrected chi connectivity index (χ1v) is 9.88. The number of thiazole rings is 1. The maximum absolute atomic E-state index is 12.2. The number of sulfonamides is 1. The Hall–Kier alpha value is -2.36. The van der Waals surface area contributed by atoms with Gasteiger partial charge in [0.25, 0.3) is 15.9 Å². The lowest BCUT2D eigenvalue weighted by Gasteiger charge is -2.08. The van der Waals surface area contributed by atoms with Crippen LogP contribution in [0.2, 0.25) is 0 Å². The molecule has 0 atom stereocenters. The number of anilines is 2. The van der Waals surface area contributed by atoms with E-state index in [1.165, 1.54) is 41.8 Å². The molecule has 2 N–H and O–H groups in total. The number of aromatic nitrogens is 1. The maximum Gasteiger partial charge on any atom is 0.263 e. The lowest BCUT2D eigenvalue weighted by atomic mass is 10.2. The van der Waals surface area contributed by atoms with E-state index in [0.717, 1.165) is 4.90 Å². The van der Waals surface area contributed by atoms with Crippen LogP contribution in [0.3, 0.4) is 0 Å². The third-order valence-corrected chi connectivity index (χ3v) is 5.68. The lowest BCUT2D eigenvalue weighted by molar-refractivity contribution is 0.102. The van der Waals surface area contributed by atoms with Crippen LogP contribution in [-0.4, -0.2) is 19.3 Å². The highest BCUT2D eigenvalue weighted by Crippen LogP contribution is 2.20. The van der Waals surface area contributed by atoms with Gasteiger partial charge in [0.2, 0.25) is 0 Å². The number of rotatable bonds is 5. The van der Waals surface area contributed by atoms with Crippen LogP contribution < -0.4 is 10.0 Å². The molecule has 0 bridgehead atoms. The molecule has 3 aromatic rings. The summed E-state index contributed by atoms with van der Waals surface area (Å²) in [5, 5.41) is 4.69. The molecule has 6 nitrogen and oxygen atoms in total. The molecule has 0 saturated heterocycles. The van der Waals surface area contributed by atoms with Crippen molar-refractivity contribution in [3.63, 3.8) is 0 Å². The highest BCUT2D eigenvalue weighted by molar-refractivity contribution is 7.93. The van der Waals surface area contributed by atoms with Gasteiger partial charge in [0.15, 0.2) is 5.13 Å². The van der Waals surface area contributed by atoms with Gasteiger partial charge >= 0.3 is 0 Å². The average Bonchev–Trinajstić information content (AvgIpc) is 3.08. The highest BCUT2D eigenvalue weighted by Gasteiger charge is 2.15. The number of benzene rings is 2. The zero-order chi connectivity index (χ0) is 17.9. The van der Waals surface area contributed by atoms with Crippen molar-refractivity contribution in [3.8, 4) is 0 Å². The Bertz CT molecular complexity index is 968. The van der Waals surface area contributed by atoms with Gasteiger partial charge in [-0.1, -0.05) is 0 Å². The van der Waals surface area contributed by atoms with Gasteiger partial charge in [-0.15, -0.1) is 24.0 Å². The SMILES string of the molecule is O=C(Nc1ccc(S(=O)(=O)Nc2nccs2)cc1)c1ccc(S)cc1. The second-order valence-electron chi connectivity index (χ2n) is 4.97. The summed E-state index contributed by atoms with van der Waals surface area (Å²) in [5.41, 5.74) is 0.980. The van der Waals surface area contributed by atoms with Crippen LogP contribution in [0.5, 0.6) is 0 Å². The van der Waals surface area contributed by atoms with Crippen LogP contribution in [-0.2, 0) is 10.0 Å². The molecule has 0 aliphatic heterocycles. The molecule has 0 aliphatic carbocycles. The fraction of sp³-hybridized carbons (Fsp3) is 0. The number of carbonyl (C=O) groups excluding carboxylic acids is 1. The van der Waals surface area contributed by atoms with E-state index in [1.807, 2.05) is 0 Å². The van der Waals surface area contributed by atoms with Gasteiger partial charge in [0, 0.05) is 27.7 Å². The molecule has 0 saturated carbocycles. The van der Waals surface area contributed by atoms with Crippen molar-refractivity contribution >= 4 is 50.7 Å². The number of carbonyl (C=O) groups is 1. The average molecular weight is 391 g/mol. The van der Waals surface area contributed by atoms with Crippen molar-refractivity contribution in [2.45, 2.75) is 9.79 Å². The van der Waals surface area contributed by atoms with E-state index in [1.54, 1.807) is 29.6 Å². The van der Waals surface area contributed by atoms with Crippen molar-refractivity contribution in [3.05, 3.63) is 65.7 Å². The van der Waals surface area contributed by atoms with E-state index in [4.69, 9.17) is 0 Å². The van der Waals surface area contributed by atoms with Crippen molar-refractivity contribution in [1.82, 2.24) is 4.98 Å². The first-order chi connectivity index (χ1) is 11.9. The Labute approximate surface area is 154 Å². The van der Waals surface area contributed by atoms with Gasteiger partial charge < -0.3 is 5.32 Å². The van der Waals surface area contributed by atoms with E-state index < -0.39 is 10.0 Å². The molecule has 128 valence electrons. The summed E-state index contributed by atoms with van der Waals surface area (Å²) in [6, 6.07) is 12.7. The number of amides is 1. The highest BCUT2D eigenvalue weighted by atomic mass is 32.2. The van der Waals surface area contributed by atoms with Gasteiger partial charge in [-0.3, -0.25) is 9.52 Å². The first kappa shape index (κ1) is 17.5. The van der Waals surface area contributed by atoms with E-state index in [9.17, 15) is 13.2 Å². The molecule has 1 amide bonds. The summed E-state index contributed by atoms with van der Waals surface area (Å²) < 4.78 is 26.9. The van der Waals surface area contributed by atoms with Crippen LogP contribution in [0.4, 0.5) is 10.8 Å². The molecule has 0 unspecified atom stereocenters. The van der Waals surface area contributed by atoms with Crippen molar-refractivity contribution < 1.29 is 13.2 Å². The lowest BCUT2D eigenvalue weighted by Crippen LogP contribution is -2.14. The molecule has 3 rings (SSSR count). The summed E-state index contributed by atoms with van der Waals surface area (Å²) >= 11 is 5.36. The zero-order valence-electron chi connectivity index (χ0n) is 12.7. The third kappa shape index (κ3) is 4.38. The quantitative estimate of drug-likeness (QED) is 0.581. The maximum atomic E-state index is 12.2. The molecule has 0 aliphatic rings. The van der Waals surface area contributed by atoms with E-state index in [0.29, 0.717) is 16.4 Å².